The van der Waals surface area contributed by atoms with Crippen LogP contribution in [0.3, 0.4) is 0 Å². The van der Waals surface area contributed by atoms with E-state index < -0.39 is 5.92 Å². The molecule has 0 aliphatic rings. The largest absolute Gasteiger partial charge is 0.494 e. The SMILES string of the molecule is COc1ccc(CN(C)C(=O)C(C)c2n[nH]c(=O)c3ccccc23)c2cccnc12. The van der Waals surface area contributed by atoms with Crippen molar-refractivity contribution in [3.63, 3.8) is 0 Å². The van der Waals surface area contributed by atoms with Crippen molar-refractivity contribution in [2.24, 2.45) is 0 Å². The number of likely N-dealkylation sites (N-methyl/N-ethyl adjacent to an activating group) is 1. The first kappa shape index (κ1) is 19.6. The Morgan fingerprint density at radius 1 is 1.10 bits per heavy atom. The smallest absolute Gasteiger partial charge is 0.272 e. The summed E-state index contributed by atoms with van der Waals surface area (Å²) >= 11 is 0. The number of aromatic nitrogens is 3. The third-order valence-electron chi connectivity index (χ3n) is 5.33. The Morgan fingerprint density at radius 3 is 2.60 bits per heavy atom. The Labute approximate surface area is 173 Å². The Morgan fingerprint density at radius 2 is 1.83 bits per heavy atom. The highest BCUT2D eigenvalue weighted by Gasteiger charge is 2.24. The predicted molar refractivity (Wildman–Crippen MR) is 116 cm³/mol. The zero-order valence-corrected chi connectivity index (χ0v) is 17.0. The fourth-order valence-corrected chi connectivity index (χ4v) is 3.76. The van der Waals surface area contributed by atoms with Crippen molar-refractivity contribution in [3.8, 4) is 5.75 Å². The van der Waals surface area contributed by atoms with Crippen LogP contribution in [0.4, 0.5) is 0 Å². The van der Waals surface area contributed by atoms with Crippen LogP contribution in [0, 0.1) is 0 Å². The molecule has 2 aromatic heterocycles. The van der Waals surface area contributed by atoms with Crippen molar-refractivity contribution >= 4 is 27.6 Å². The van der Waals surface area contributed by atoms with Gasteiger partial charge in [-0.2, -0.15) is 5.10 Å². The zero-order chi connectivity index (χ0) is 21.3. The highest BCUT2D eigenvalue weighted by Crippen LogP contribution is 2.28. The summed E-state index contributed by atoms with van der Waals surface area (Å²) in [5, 5.41) is 8.84. The molecule has 0 aliphatic carbocycles. The number of amides is 1. The number of fused-ring (bicyclic) bond motifs is 2. The van der Waals surface area contributed by atoms with E-state index in [-0.39, 0.29) is 11.5 Å². The van der Waals surface area contributed by atoms with Crippen molar-refractivity contribution in [2.75, 3.05) is 14.2 Å². The van der Waals surface area contributed by atoms with Gasteiger partial charge < -0.3 is 9.64 Å². The van der Waals surface area contributed by atoms with Gasteiger partial charge in [0.25, 0.3) is 5.56 Å². The number of H-pyrrole nitrogens is 1. The highest BCUT2D eigenvalue weighted by atomic mass is 16.5. The van der Waals surface area contributed by atoms with Gasteiger partial charge in [0.2, 0.25) is 5.91 Å². The summed E-state index contributed by atoms with van der Waals surface area (Å²) in [6.45, 7) is 2.22. The van der Waals surface area contributed by atoms with Gasteiger partial charge in [-0.25, -0.2) is 5.10 Å². The molecule has 0 bridgehead atoms. The molecule has 1 N–H and O–H groups in total. The van der Waals surface area contributed by atoms with E-state index in [0.717, 1.165) is 16.5 Å². The van der Waals surface area contributed by atoms with Crippen LogP contribution in [0.2, 0.25) is 0 Å². The molecular weight excluding hydrogens is 380 g/mol. The molecule has 1 unspecified atom stereocenters. The molecule has 0 aliphatic heterocycles. The van der Waals surface area contributed by atoms with Gasteiger partial charge in [0, 0.05) is 30.6 Å². The van der Waals surface area contributed by atoms with Crippen molar-refractivity contribution in [3.05, 3.63) is 76.3 Å². The average Bonchev–Trinajstić information content (AvgIpc) is 2.78. The van der Waals surface area contributed by atoms with Gasteiger partial charge >= 0.3 is 0 Å². The number of ether oxygens (including phenoxy) is 1. The maximum absolute atomic E-state index is 13.2. The summed E-state index contributed by atoms with van der Waals surface area (Å²) in [4.78, 5) is 31.3. The molecule has 0 fully saturated rings. The number of rotatable bonds is 5. The van der Waals surface area contributed by atoms with Gasteiger partial charge in [-0.15, -0.1) is 0 Å². The van der Waals surface area contributed by atoms with Crippen molar-refractivity contribution in [1.29, 1.82) is 0 Å². The molecule has 0 spiro atoms. The van der Waals surface area contributed by atoms with Crippen LogP contribution < -0.4 is 10.3 Å². The van der Waals surface area contributed by atoms with Crippen LogP contribution in [-0.2, 0) is 11.3 Å². The molecule has 0 saturated heterocycles. The lowest BCUT2D eigenvalue weighted by atomic mass is 10.00. The summed E-state index contributed by atoms with van der Waals surface area (Å²) in [6.07, 6.45) is 1.72. The van der Waals surface area contributed by atoms with E-state index in [1.165, 1.54) is 0 Å². The lowest BCUT2D eigenvalue weighted by Crippen LogP contribution is -2.31. The number of carbonyl (C=O) groups is 1. The number of benzene rings is 2. The molecule has 4 aromatic rings. The molecular formula is C23H22N4O3. The average molecular weight is 402 g/mol. The van der Waals surface area contributed by atoms with E-state index in [1.54, 1.807) is 44.3 Å². The van der Waals surface area contributed by atoms with Crippen LogP contribution in [-0.4, -0.2) is 40.1 Å². The number of hydrogen-bond donors (Lipinski definition) is 1. The Balaban J connectivity index is 1.65. The van der Waals surface area contributed by atoms with E-state index in [4.69, 9.17) is 4.74 Å². The minimum Gasteiger partial charge on any atom is -0.494 e. The van der Waals surface area contributed by atoms with Crippen molar-refractivity contribution < 1.29 is 9.53 Å². The minimum absolute atomic E-state index is 0.0902. The molecule has 1 atom stereocenters. The van der Waals surface area contributed by atoms with Crippen LogP contribution in [0.1, 0.15) is 24.1 Å². The summed E-state index contributed by atoms with van der Waals surface area (Å²) in [5.41, 5.74) is 2.03. The van der Waals surface area contributed by atoms with Gasteiger partial charge in [-0.05, 0) is 30.7 Å². The summed E-state index contributed by atoms with van der Waals surface area (Å²) in [5.74, 6) is 0.0903. The molecule has 7 heteroatoms. The molecule has 4 rings (SSSR count). The minimum atomic E-state index is -0.514. The number of nitrogens with one attached hydrogen (secondary N) is 1. The molecule has 1 amide bonds. The summed E-state index contributed by atoms with van der Waals surface area (Å²) in [7, 11) is 3.38. The molecule has 0 radical (unpaired) electrons. The molecule has 2 aromatic carbocycles. The van der Waals surface area contributed by atoms with Crippen LogP contribution >= 0.6 is 0 Å². The van der Waals surface area contributed by atoms with E-state index >= 15 is 0 Å². The first-order valence-corrected chi connectivity index (χ1v) is 9.64. The first-order valence-electron chi connectivity index (χ1n) is 9.64. The Kier molecular flexibility index (Phi) is 5.18. The summed E-state index contributed by atoms with van der Waals surface area (Å²) in [6, 6.07) is 14.8. The van der Waals surface area contributed by atoms with Gasteiger partial charge in [0.1, 0.15) is 11.3 Å². The molecule has 152 valence electrons. The van der Waals surface area contributed by atoms with Gasteiger partial charge in [0.05, 0.1) is 24.1 Å². The Hall–Kier alpha value is -3.74. The molecule has 30 heavy (non-hydrogen) atoms. The topological polar surface area (TPSA) is 88.2 Å². The molecule has 2 heterocycles. The Bertz CT molecular complexity index is 1300. The highest BCUT2D eigenvalue weighted by molar-refractivity contribution is 5.91. The number of hydrogen-bond acceptors (Lipinski definition) is 5. The lowest BCUT2D eigenvalue weighted by molar-refractivity contribution is -0.131. The number of pyridine rings is 1. The molecule has 0 saturated carbocycles. The van der Waals surface area contributed by atoms with Crippen LogP contribution in [0.25, 0.3) is 21.7 Å². The molecule has 7 nitrogen and oxygen atoms in total. The number of nitrogens with zero attached hydrogens (tertiary/aromatic N) is 3. The lowest BCUT2D eigenvalue weighted by Gasteiger charge is -2.22. The fourth-order valence-electron chi connectivity index (χ4n) is 3.76. The van der Waals surface area contributed by atoms with E-state index in [0.29, 0.717) is 28.8 Å². The third-order valence-corrected chi connectivity index (χ3v) is 5.33. The first-order chi connectivity index (χ1) is 14.5. The number of aromatic amines is 1. The number of carbonyl (C=O) groups excluding carboxylic acids is 1. The maximum atomic E-state index is 13.2. The predicted octanol–water partition coefficient (Wildman–Crippen LogP) is 3.24. The summed E-state index contributed by atoms with van der Waals surface area (Å²) < 4.78 is 5.40. The third kappa shape index (κ3) is 3.39. The van der Waals surface area contributed by atoms with Gasteiger partial charge in [0.15, 0.2) is 0 Å². The monoisotopic (exact) mass is 402 g/mol. The van der Waals surface area contributed by atoms with E-state index in [9.17, 15) is 9.59 Å². The van der Waals surface area contributed by atoms with Crippen molar-refractivity contribution in [2.45, 2.75) is 19.4 Å². The van der Waals surface area contributed by atoms with Crippen LogP contribution in [0.15, 0.2) is 59.5 Å². The second-order valence-electron chi connectivity index (χ2n) is 7.23. The normalized spacial score (nSPS) is 12.1. The van der Waals surface area contributed by atoms with Crippen molar-refractivity contribution in [1.82, 2.24) is 20.1 Å². The van der Waals surface area contributed by atoms with E-state index in [2.05, 4.69) is 15.2 Å². The standard InChI is InChI=1S/C23H22N4O3/c1-14(20-17-7-4-5-8-18(17)22(28)26-25-20)23(29)27(2)13-15-10-11-19(30-3)21-16(15)9-6-12-24-21/h4-12,14H,13H2,1-3H3,(H,26,28). The quantitative estimate of drug-likeness (QED) is 0.554. The van der Waals surface area contributed by atoms with Gasteiger partial charge in [-0.3, -0.25) is 14.6 Å². The second-order valence-corrected chi connectivity index (χ2v) is 7.23. The fraction of sp³-hybridized carbons (Fsp3) is 0.217. The second kappa shape index (κ2) is 7.94. The maximum Gasteiger partial charge on any atom is 0.272 e. The van der Waals surface area contributed by atoms with E-state index in [1.807, 2.05) is 36.4 Å². The van der Waals surface area contributed by atoms with Crippen LogP contribution in [0.5, 0.6) is 5.75 Å². The van der Waals surface area contributed by atoms with Gasteiger partial charge in [-0.1, -0.05) is 30.3 Å². The number of methoxy groups -OCH3 is 1. The zero-order valence-electron chi connectivity index (χ0n) is 17.0.